The lowest BCUT2D eigenvalue weighted by Crippen LogP contribution is -2.45. The number of hydrogen-bond acceptors (Lipinski definition) is 6. The smallest absolute Gasteiger partial charge is 0.268 e. The van der Waals surface area contributed by atoms with E-state index in [1.54, 1.807) is 6.08 Å². The van der Waals surface area contributed by atoms with Crippen molar-refractivity contribution in [1.82, 2.24) is 5.32 Å². The molecule has 0 aliphatic carbocycles. The minimum absolute atomic E-state index is 0.0230. The van der Waals surface area contributed by atoms with Crippen molar-refractivity contribution in [2.24, 2.45) is 0 Å². The van der Waals surface area contributed by atoms with E-state index in [1.165, 1.54) is 161 Å². The summed E-state index contributed by atoms with van der Waals surface area (Å²) in [6.07, 6.45) is 101. The Morgan fingerprint density at radius 1 is 0.419 bits per heavy atom. The van der Waals surface area contributed by atoms with Crippen LogP contribution in [0.3, 0.4) is 0 Å². The molecular weight excluding hydrogens is 1080 g/mol. The van der Waals surface area contributed by atoms with Crippen LogP contribution in [0.5, 0.6) is 0 Å². The van der Waals surface area contributed by atoms with Crippen molar-refractivity contribution in [3.8, 4) is 0 Å². The second kappa shape index (κ2) is 65.8. The number of allylic oxidation sites excluding steroid dienone is 23. The van der Waals surface area contributed by atoms with Crippen LogP contribution in [-0.2, 0) is 18.4 Å². The average molecular weight is 1210 g/mol. The molecule has 0 aromatic carbocycles. The summed E-state index contributed by atoms with van der Waals surface area (Å²) in [4.78, 5) is 25.6. The minimum Gasteiger partial charge on any atom is -0.756 e. The zero-order valence-corrected chi connectivity index (χ0v) is 57.1. The van der Waals surface area contributed by atoms with E-state index in [0.29, 0.717) is 17.4 Å². The number of nitrogens with zero attached hydrogens (tertiary/aromatic N) is 1. The lowest BCUT2D eigenvalue weighted by molar-refractivity contribution is -0.870. The molecule has 1 amide bonds. The van der Waals surface area contributed by atoms with Gasteiger partial charge in [-0.3, -0.25) is 9.36 Å². The summed E-state index contributed by atoms with van der Waals surface area (Å²) >= 11 is 0. The molecule has 0 aromatic rings. The summed E-state index contributed by atoms with van der Waals surface area (Å²) in [5.41, 5.74) is 0. The standard InChI is InChI=1S/C77H133N2O6P/c1-6-8-10-12-14-16-18-20-22-24-26-28-30-32-34-36-38-39-41-43-45-47-49-51-53-55-57-59-61-63-65-67-69-71-77(81)78-75(74-85-86(82,83)84-73-72-79(3,4)5)76(80)70-68-66-64-62-60-58-56-54-52-50-48-46-44-42-40-37-35-33-31-29-27-25-23-21-19-17-15-13-11-9-7-2/h8,10,14,16,20,22,26,28,32,34,38-39,43,45,49,51,55,57,60-63,68,70,75-76,80H,6-7,9,11-13,15,17-19,21,23-25,27,29-31,33,35-37,40-42,44,46-48,50,52-54,56,58-59,64-67,69,71-74H2,1-5H3,(H-,78,81,82,83)/b10-8-,16-14-,22-20-,28-26-,34-32-,39-38-,45-43-,51-49-,57-55-,62-60+,63-61-,70-68+. The number of unbranched alkanes of at least 4 members (excludes halogenated alkanes) is 28. The lowest BCUT2D eigenvalue weighted by Gasteiger charge is -2.29. The van der Waals surface area contributed by atoms with Gasteiger partial charge < -0.3 is 28.8 Å². The number of carbonyl (C=O) groups excluding carboxylic acids is 1. The van der Waals surface area contributed by atoms with Gasteiger partial charge in [-0.15, -0.1) is 0 Å². The van der Waals surface area contributed by atoms with Crippen LogP contribution >= 0.6 is 7.82 Å². The maximum atomic E-state index is 13.0. The Hall–Kier alpha value is -3.62. The molecular formula is C77H133N2O6P. The summed E-state index contributed by atoms with van der Waals surface area (Å²) in [7, 11) is 1.20. The van der Waals surface area contributed by atoms with Crippen LogP contribution in [0.1, 0.15) is 284 Å². The fraction of sp³-hybridized carbons (Fsp3) is 0.675. The number of aliphatic hydroxyl groups is 1. The molecule has 9 heteroatoms. The Morgan fingerprint density at radius 3 is 1.08 bits per heavy atom. The first-order chi connectivity index (χ1) is 42.0. The van der Waals surface area contributed by atoms with E-state index in [2.05, 4.69) is 153 Å². The molecule has 0 saturated heterocycles. The molecule has 0 fully saturated rings. The number of hydrogen-bond donors (Lipinski definition) is 2. The fourth-order valence-corrected chi connectivity index (χ4v) is 10.3. The van der Waals surface area contributed by atoms with E-state index in [9.17, 15) is 19.4 Å². The quantitative estimate of drug-likeness (QED) is 0.0272. The van der Waals surface area contributed by atoms with Crippen molar-refractivity contribution in [2.75, 3.05) is 40.9 Å². The second-order valence-corrected chi connectivity index (χ2v) is 25.9. The molecule has 8 nitrogen and oxygen atoms in total. The molecule has 0 aromatic heterocycles. The van der Waals surface area contributed by atoms with Crippen LogP contribution in [0.2, 0.25) is 0 Å². The van der Waals surface area contributed by atoms with Crippen molar-refractivity contribution >= 4 is 13.7 Å². The summed E-state index contributed by atoms with van der Waals surface area (Å²) in [6.45, 7) is 4.49. The Bertz CT molecular complexity index is 1910. The van der Waals surface area contributed by atoms with E-state index in [4.69, 9.17) is 9.05 Å². The van der Waals surface area contributed by atoms with Gasteiger partial charge in [0.05, 0.1) is 39.9 Å². The molecule has 0 saturated carbocycles. The van der Waals surface area contributed by atoms with Crippen LogP contribution < -0.4 is 10.2 Å². The normalized spacial score (nSPS) is 14.5. The molecule has 0 heterocycles. The van der Waals surface area contributed by atoms with E-state index in [1.807, 2.05) is 27.2 Å². The summed E-state index contributed by atoms with van der Waals surface area (Å²) in [6, 6.07) is -0.941. The van der Waals surface area contributed by atoms with Gasteiger partial charge in [-0.1, -0.05) is 314 Å². The van der Waals surface area contributed by atoms with Crippen molar-refractivity contribution < 1.29 is 32.9 Å². The Morgan fingerprint density at radius 2 is 0.721 bits per heavy atom. The molecule has 0 spiro atoms. The zero-order chi connectivity index (χ0) is 62.6. The van der Waals surface area contributed by atoms with Gasteiger partial charge >= 0.3 is 0 Å². The molecule has 86 heavy (non-hydrogen) atoms. The van der Waals surface area contributed by atoms with Crippen LogP contribution in [0.25, 0.3) is 0 Å². The molecule has 0 rings (SSSR count). The molecule has 492 valence electrons. The zero-order valence-electron chi connectivity index (χ0n) is 56.2. The third kappa shape index (κ3) is 67.9. The Kier molecular flexibility index (Phi) is 63.0. The van der Waals surface area contributed by atoms with Crippen LogP contribution in [0.15, 0.2) is 146 Å². The number of quaternary nitrogens is 1. The van der Waals surface area contributed by atoms with Gasteiger partial charge in [-0.2, -0.15) is 0 Å². The SMILES string of the molecule is CC/C=C\C/C=C\C/C=C\C/C=C\C/C=C\C/C=C\C/C=C\C/C=C\C/C=C\C/C=C\CCCCC(=O)NC(COP(=O)([O-])OCC[N+](C)(C)C)C(O)/C=C/CC/C=C/CCCCCCCCCCCCCCCCCCCCCCCCCCC. The summed E-state index contributed by atoms with van der Waals surface area (Å²) in [5.74, 6) is -0.253. The molecule has 3 unspecified atom stereocenters. The van der Waals surface area contributed by atoms with Gasteiger partial charge in [-0.25, -0.2) is 0 Å². The first-order valence-electron chi connectivity index (χ1n) is 35.2. The van der Waals surface area contributed by atoms with Crippen LogP contribution in [0.4, 0.5) is 0 Å². The number of phosphoric ester groups is 1. The number of rotatable bonds is 63. The molecule has 0 aliphatic rings. The Balaban J connectivity index is 4.26. The highest BCUT2D eigenvalue weighted by Gasteiger charge is 2.23. The van der Waals surface area contributed by atoms with E-state index < -0.39 is 26.6 Å². The fourth-order valence-electron chi connectivity index (χ4n) is 9.61. The summed E-state index contributed by atoms with van der Waals surface area (Å²) < 4.78 is 23.4. The maximum Gasteiger partial charge on any atom is 0.268 e. The lowest BCUT2D eigenvalue weighted by atomic mass is 10.0. The monoisotopic (exact) mass is 1210 g/mol. The molecule has 2 N–H and O–H groups in total. The number of phosphoric acid groups is 1. The average Bonchev–Trinajstić information content (AvgIpc) is 3.70. The summed E-state index contributed by atoms with van der Waals surface area (Å²) in [5, 5.41) is 13.9. The van der Waals surface area contributed by atoms with Gasteiger partial charge in [0.25, 0.3) is 7.82 Å². The van der Waals surface area contributed by atoms with Gasteiger partial charge in [0, 0.05) is 6.42 Å². The minimum atomic E-state index is -4.64. The number of nitrogens with one attached hydrogen (secondary N) is 1. The number of likely N-dealkylation sites (N-methyl/N-ethyl adjacent to an activating group) is 1. The number of carbonyl (C=O) groups is 1. The van der Waals surface area contributed by atoms with Gasteiger partial charge in [0.1, 0.15) is 13.2 Å². The van der Waals surface area contributed by atoms with Gasteiger partial charge in [0.2, 0.25) is 5.91 Å². The van der Waals surface area contributed by atoms with Crippen molar-refractivity contribution in [3.05, 3.63) is 146 Å². The first-order valence-corrected chi connectivity index (χ1v) is 36.7. The highest BCUT2D eigenvalue weighted by Crippen LogP contribution is 2.38. The van der Waals surface area contributed by atoms with E-state index >= 15 is 0 Å². The third-order valence-electron chi connectivity index (χ3n) is 15.0. The number of amides is 1. The second-order valence-electron chi connectivity index (χ2n) is 24.5. The topological polar surface area (TPSA) is 108 Å². The highest BCUT2D eigenvalue weighted by atomic mass is 31.2. The predicted molar refractivity (Wildman–Crippen MR) is 375 cm³/mol. The highest BCUT2D eigenvalue weighted by molar-refractivity contribution is 7.45. The molecule has 0 bridgehead atoms. The van der Waals surface area contributed by atoms with Gasteiger partial charge in [-0.05, 0) is 109 Å². The molecule has 3 atom stereocenters. The molecule has 0 radical (unpaired) electrons. The Labute approximate surface area is 531 Å². The van der Waals surface area contributed by atoms with Gasteiger partial charge in [0.15, 0.2) is 0 Å². The van der Waals surface area contributed by atoms with Crippen molar-refractivity contribution in [3.63, 3.8) is 0 Å². The maximum absolute atomic E-state index is 13.0. The number of aliphatic hydroxyl groups excluding tert-OH is 1. The van der Waals surface area contributed by atoms with Crippen molar-refractivity contribution in [1.29, 1.82) is 0 Å². The predicted octanol–water partition coefficient (Wildman–Crippen LogP) is 22.1. The van der Waals surface area contributed by atoms with E-state index in [-0.39, 0.29) is 18.9 Å². The van der Waals surface area contributed by atoms with Crippen LogP contribution in [0, 0.1) is 0 Å². The third-order valence-corrected chi connectivity index (χ3v) is 16.0. The van der Waals surface area contributed by atoms with E-state index in [0.717, 1.165) is 96.3 Å². The van der Waals surface area contributed by atoms with Crippen LogP contribution in [-0.4, -0.2) is 68.5 Å². The molecule has 0 aliphatic heterocycles. The largest absolute Gasteiger partial charge is 0.756 e. The van der Waals surface area contributed by atoms with Crippen molar-refractivity contribution in [2.45, 2.75) is 296 Å². The first kappa shape index (κ1) is 82.4.